The molecular formula is C21H17ClN2O4. The third kappa shape index (κ3) is 4.29. The molecule has 1 N–H and O–H groups in total. The smallest absolute Gasteiger partial charge is 0.331 e. The highest BCUT2D eigenvalue weighted by Crippen LogP contribution is 2.24. The summed E-state index contributed by atoms with van der Waals surface area (Å²) in [4.78, 5) is 37.4. The first-order valence-electron chi connectivity index (χ1n) is 8.45. The van der Waals surface area contributed by atoms with Crippen molar-refractivity contribution in [2.45, 2.75) is 6.61 Å². The van der Waals surface area contributed by atoms with Gasteiger partial charge in [0, 0.05) is 17.1 Å². The molecule has 142 valence electrons. The maximum absolute atomic E-state index is 12.5. The standard InChI is InChI=1S/C21H17ClN2O4/c1-2-11-24-20(26)17(19(25)23-21(24)27)12-15-5-3-4-6-18(15)28-13-14-7-9-16(22)10-8-14/h2-10,12H,1,11,13H2,(H,23,25,27). The first-order chi connectivity index (χ1) is 13.5. The molecule has 6 nitrogen and oxygen atoms in total. The van der Waals surface area contributed by atoms with Crippen molar-refractivity contribution in [1.82, 2.24) is 10.2 Å². The van der Waals surface area contributed by atoms with E-state index >= 15 is 0 Å². The number of imide groups is 2. The number of halogens is 1. The lowest BCUT2D eigenvalue weighted by Crippen LogP contribution is -2.54. The van der Waals surface area contributed by atoms with Crippen molar-refractivity contribution in [1.29, 1.82) is 0 Å². The number of barbiturate groups is 1. The molecule has 0 atom stereocenters. The second-order valence-electron chi connectivity index (χ2n) is 5.97. The molecule has 2 aromatic rings. The molecule has 1 saturated heterocycles. The van der Waals surface area contributed by atoms with Crippen LogP contribution in [-0.2, 0) is 16.2 Å². The van der Waals surface area contributed by atoms with Gasteiger partial charge in [0.1, 0.15) is 17.9 Å². The number of para-hydroxylation sites is 1. The average Bonchev–Trinajstić information content (AvgIpc) is 2.69. The first kappa shape index (κ1) is 19.4. The molecule has 4 amide bonds. The van der Waals surface area contributed by atoms with Gasteiger partial charge < -0.3 is 4.74 Å². The number of rotatable bonds is 6. The Kier molecular flexibility index (Phi) is 5.91. The number of carbonyl (C=O) groups excluding carboxylic acids is 3. The third-order valence-corrected chi connectivity index (χ3v) is 4.28. The van der Waals surface area contributed by atoms with Crippen LogP contribution in [0.5, 0.6) is 5.75 Å². The van der Waals surface area contributed by atoms with E-state index in [1.54, 1.807) is 36.4 Å². The van der Waals surface area contributed by atoms with Gasteiger partial charge in [-0.05, 0) is 29.8 Å². The fourth-order valence-electron chi connectivity index (χ4n) is 2.62. The molecule has 0 aromatic heterocycles. The van der Waals surface area contributed by atoms with Crippen LogP contribution in [0.25, 0.3) is 6.08 Å². The highest BCUT2D eigenvalue weighted by molar-refractivity contribution is 6.31. The van der Waals surface area contributed by atoms with Crippen LogP contribution in [0, 0.1) is 0 Å². The Morgan fingerprint density at radius 2 is 1.79 bits per heavy atom. The Labute approximate surface area is 167 Å². The number of nitrogens with zero attached hydrogens (tertiary/aromatic N) is 1. The lowest BCUT2D eigenvalue weighted by Gasteiger charge is -2.25. The average molecular weight is 397 g/mol. The molecule has 2 aromatic carbocycles. The Morgan fingerprint density at radius 1 is 1.07 bits per heavy atom. The van der Waals surface area contributed by atoms with Gasteiger partial charge in [-0.25, -0.2) is 4.79 Å². The van der Waals surface area contributed by atoms with E-state index in [0.717, 1.165) is 10.5 Å². The minimum atomic E-state index is -0.765. The van der Waals surface area contributed by atoms with Gasteiger partial charge in [0.2, 0.25) is 0 Å². The minimum absolute atomic E-state index is 0.00397. The summed E-state index contributed by atoms with van der Waals surface area (Å²) in [5.41, 5.74) is 1.31. The molecule has 0 bridgehead atoms. The van der Waals surface area contributed by atoms with Crippen molar-refractivity contribution < 1.29 is 19.1 Å². The molecule has 28 heavy (non-hydrogen) atoms. The van der Waals surface area contributed by atoms with Crippen LogP contribution in [0.15, 0.2) is 66.8 Å². The Balaban J connectivity index is 1.86. The molecule has 3 rings (SSSR count). The number of amides is 4. The summed E-state index contributed by atoms with van der Waals surface area (Å²) in [6, 6.07) is 13.5. The van der Waals surface area contributed by atoms with Crippen LogP contribution in [0.2, 0.25) is 5.02 Å². The fraction of sp³-hybridized carbons (Fsp3) is 0.0952. The zero-order chi connectivity index (χ0) is 20.1. The summed E-state index contributed by atoms with van der Waals surface area (Å²) in [5.74, 6) is -0.929. The van der Waals surface area contributed by atoms with Gasteiger partial charge in [-0.1, -0.05) is 48.0 Å². The second-order valence-corrected chi connectivity index (χ2v) is 6.41. The summed E-state index contributed by atoms with van der Waals surface area (Å²) >= 11 is 5.88. The van der Waals surface area contributed by atoms with E-state index < -0.39 is 17.8 Å². The summed E-state index contributed by atoms with van der Waals surface area (Å²) in [6.07, 6.45) is 2.82. The molecule has 1 aliphatic rings. The quantitative estimate of drug-likeness (QED) is 0.460. The summed E-state index contributed by atoms with van der Waals surface area (Å²) in [6.45, 7) is 3.81. The molecule has 1 fully saturated rings. The van der Waals surface area contributed by atoms with Crippen LogP contribution in [-0.4, -0.2) is 29.3 Å². The SMILES string of the molecule is C=CCN1C(=O)NC(=O)C(=Cc2ccccc2OCc2ccc(Cl)cc2)C1=O. The summed E-state index contributed by atoms with van der Waals surface area (Å²) in [5, 5.41) is 2.79. The van der Waals surface area contributed by atoms with E-state index in [0.29, 0.717) is 22.9 Å². The highest BCUT2D eigenvalue weighted by atomic mass is 35.5. The normalized spacial score (nSPS) is 15.5. The number of hydrogen-bond acceptors (Lipinski definition) is 4. The minimum Gasteiger partial charge on any atom is -0.488 e. The lowest BCUT2D eigenvalue weighted by molar-refractivity contribution is -0.129. The number of urea groups is 1. The predicted octanol–water partition coefficient (Wildman–Crippen LogP) is 3.57. The van der Waals surface area contributed by atoms with Crippen molar-refractivity contribution in [3.05, 3.63) is 82.9 Å². The van der Waals surface area contributed by atoms with Crippen LogP contribution >= 0.6 is 11.6 Å². The van der Waals surface area contributed by atoms with E-state index in [9.17, 15) is 14.4 Å². The van der Waals surface area contributed by atoms with Gasteiger partial charge in [0.25, 0.3) is 11.8 Å². The van der Waals surface area contributed by atoms with Gasteiger partial charge in [-0.3, -0.25) is 19.8 Å². The van der Waals surface area contributed by atoms with Crippen molar-refractivity contribution >= 4 is 35.5 Å². The van der Waals surface area contributed by atoms with E-state index in [1.807, 2.05) is 12.1 Å². The summed E-state index contributed by atoms with van der Waals surface area (Å²) in [7, 11) is 0. The van der Waals surface area contributed by atoms with Crippen molar-refractivity contribution in [3.8, 4) is 5.75 Å². The second kappa shape index (κ2) is 8.54. The van der Waals surface area contributed by atoms with Gasteiger partial charge in [0.15, 0.2) is 0 Å². The van der Waals surface area contributed by atoms with Crippen LogP contribution in [0.4, 0.5) is 4.79 Å². The zero-order valence-electron chi connectivity index (χ0n) is 14.9. The van der Waals surface area contributed by atoms with E-state index in [1.165, 1.54) is 12.2 Å². The monoisotopic (exact) mass is 396 g/mol. The van der Waals surface area contributed by atoms with Gasteiger partial charge in [0.05, 0.1) is 0 Å². The molecular weight excluding hydrogens is 380 g/mol. The van der Waals surface area contributed by atoms with Crippen molar-refractivity contribution in [3.63, 3.8) is 0 Å². The highest BCUT2D eigenvalue weighted by Gasteiger charge is 2.35. The van der Waals surface area contributed by atoms with Crippen molar-refractivity contribution in [2.75, 3.05) is 6.54 Å². The Bertz CT molecular complexity index is 967. The number of hydrogen-bond donors (Lipinski definition) is 1. The molecule has 0 aliphatic carbocycles. The molecule has 0 unspecified atom stereocenters. The molecule has 1 heterocycles. The maximum atomic E-state index is 12.5. The van der Waals surface area contributed by atoms with Gasteiger partial charge in [-0.2, -0.15) is 0 Å². The zero-order valence-corrected chi connectivity index (χ0v) is 15.6. The largest absolute Gasteiger partial charge is 0.488 e. The van der Waals surface area contributed by atoms with Crippen LogP contribution in [0.1, 0.15) is 11.1 Å². The molecule has 7 heteroatoms. The number of nitrogens with one attached hydrogen (secondary N) is 1. The number of carbonyl (C=O) groups is 3. The van der Waals surface area contributed by atoms with Crippen LogP contribution < -0.4 is 10.1 Å². The Hall–Kier alpha value is -3.38. The predicted molar refractivity (Wildman–Crippen MR) is 106 cm³/mol. The maximum Gasteiger partial charge on any atom is 0.331 e. The van der Waals surface area contributed by atoms with Gasteiger partial charge in [-0.15, -0.1) is 6.58 Å². The number of ether oxygens (including phenoxy) is 1. The lowest BCUT2D eigenvalue weighted by atomic mass is 10.1. The molecule has 0 saturated carbocycles. The topological polar surface area (TPSA) is 75.7 Å². The first-order valence-corrected chi connectivity index (χ1v) is 8.83. The number of benzene rings is 2. The molecule has 1 aliphatic heterocycles. The van der Waals surface area contributed by atoms with E-state index in [4.69, 9.17) is 16.3 Å². The third-order valence-electron chi connectivity index (χ3n) is 4.02. The Morgan fingerprint density at radius 3 is 2.50 bits per heavy atom. The van der Waals surface area contributed by atoms with E-state index in [2.05, 4.69) is 11.9 Å². The fourth-order valence-corrected chi connectivity index (χ4v) is 2.74. The van der Waals surface area contributed by atoms with Gasteiger partial charge >= 0.3 is 6.03 Å². The van der Waals surface area contributed by atoms with E-state index in [-0.39, 0.29) is 12.1 Å². The van der Waals surface area contributed by atoms with Crippen molar-refractivity contribution in [2.24, 2.45) is 0 Å². The van der Waals surface area contributed by atoms with Crippen LogP contribution in [0.3, 0.4) is 0 Å². The summed E-state index contributed by atoms with van der Waals surface area (Å²) < 4.78 is 5.84. The molecule has 0 spiro atoms. The molecule has 0 radical (unpaired) electrons.